The fourth-order valence-corrected chi connectivity index (χ4v) is 1.65. The topological polar surface area (TPSA) is 23.5 Å². The average molecular weight is 228 g/mol. The molecule has 0 aliphatic rings. The summed E-state index contributed by atoms with van der Waals surface area (Å²) in [6, 6.07) is 8.28. The molecule has 1 aromatic carbocycles. The van der Waals surface area contributed by atoms with Crippen LogP contribution >= 0.6 is 11.6 Å². The molecular weight excluding hydrogens is 210 g/mol. The number of hydrogen-bond donors (Lipinski definition) is 1. The lowest BCUT2D eigenvalue weighted by Crippen LogP contribution is -2.29. The van der Waals surface area contributed by atoms with Crippen LogP contribution in [0.1, 0.15) is 11.1 Å². The summed E-state index contributed by atoms with van der Waals surface area (Å²) < 4.78 is 0. The van der Waals surface area contributed by atoms with E-state index in [1.165, 1.54) is 11.1 Å². The van der Waals surface area contributed by atoms with Crippen molar-refractivity contribution in [1.29, 1.82) is 0 Å². The highest BCUT2D eigenvalue weighted by molar-refractivity contribution is 6.18. The van der Waals surface area contributed by atoms with Crippen LogP contribution in [0, 0.1) is 6.92 Å². The molecule has 1 N–H and O–H groups in total. The maximum absolute atomic E-state index is 9.40. The van der Waals surface area contributed by atoms with Crippen LogP contribution < -0.4 is 0 Å². The molecule has 0 heterocycles. The number of halogens is 1. The lowest BCUT2D eigenvalue weighted by atomic mass is 10.1. The van der Waals surface area contributed by atoms with Crippen molar-refractivity contribution in [2.45, 2.75) is 19.6 Å². The molecule has 1 unspecified atom stereocenters. The van der Waals surface area contributed by atoms with Gasteiger partial charge in [0.25, 0.3) is 0 Å². The third kappa shape index (κ3) is 4.20. The number of hydrogen-bond acceptors (Lipinski definition) is 2. The van der Waals surface area contributed by atoms with Crippen molar-refractivity contribution in [3.8, 4) is 0 Å². The minimum Gasteiger partial charge on any atom is -0.391 e. The zero-order valence-corrected chi connectivity index (χ0v) is 10.0. The Kier molecular flexibility index (Phi) is 5.09. The van der Waals surface area contributed by atoms with Gasteiger partial charge >= 0.3 is 0 Å². The molecule has 0 saturated carbocycles. The normalized spacial score (nSPS) is 13.1. The number of nitrogens with zero attached hydrogens (tertiary/aromatic N) is 1. The third-order valence-corrected chi connectivity index (χ3v) is 2.76. The van der Waals surface area contributed by atoms with Crippen LogP contribution in [0.25, 0.3) is 0 Å². The van der Waals surface area contributed by atoms with E-state index in [0.29, 0.717) is 6.54 Å². The van der Waals surface area contributed by atoms with Crippen molar-refractivity contribution >= 4 is 11.6 Å². The molecule has 1 rings (SSSR count). The standard InChI is InChI=1S/C12H18ClNO/c1-10-5-3-4-6-11(10)8-14(2)9-12(15)7-13/h3-6,12,15H,7-9H2,1-2H3. The Labute approximate surface area is 96.5 Å². The first kappa shape index (κ1) is 12.5. The van der Waals surface area contributed by atoms with Crippen molar-refractivity contribution in [2.75, 3.05) is 19.5 Å². The Morgan fingerprint density at radius 3 is 2.67 bits per heavy atom. The van der Waals surface area contributed by atoms with Gasteiger partial charge in [0.2, 0.25) is 0 Å². The van der Waals surface area contributed by atoms with E-state index in [1.807, 2.05) is 19.2 Å². The molecule has 0 saturated heterocycles. The van der Waals surface area contributed by atoms with Crippen LogP contribution in [-0.2, 0) is 6.54 Å². The van der Waals surface area contributed by atoms with Crippen LogP contribution in [0.5, 0.6) is 0 Å². The molecule has 84 valence electrons. The number of aryl methyl sites for hydroxylation is 1. The minimum atomic E-state index is -0.444. The van der Waals surface area contributed by atoms with Crippen molar-refractivity contribution in [1.82, 2.24) is 4.90 Å². The van der Waals surface area contributed by atoms with Crippen molar-refractivity contribution in [3.05, 3.63) is 35.4 Å². The highest BCUT2D eigenvalue weighted by atomic mass is 35.5. The van der Waals surface area contributed by atoms with E-state index in [9.17, 15) is 5.11 Å². The molecular formula is C12H18ClNO. The lowest BCUT2D eigenvalue weighted by Gasteiger charge is -2.20. The second-order valence-corrected chi connectivity index (χ2v) is 4.24. The summed E-state index contributed by atoms with van der Waals surface area (Å²) in [4.78, 5) is 2.08. The summed E-state index contributed by atoms with van der Waals surface area (Å²) in [5.74, 6) is 0.290. The van der Waals surface area contributed by atoms with Crippen LogP contribution in [0.3, 0.4) is 0 Å². The molecule has 0 aliphatic carbocycles. The summed E-state index contributed by atoms with van der Waals surface area (Å²) >= 11 is 5.55. The summed E-state index contributed by atoms with van der Waals surface area (Å²) in [7, 11) is 1.99. The maximum Gasteiger partial charge on any atom is 0.0802 e. The number of alkyl halides is 1. The Morgan fingerprint density at radius 2 is 2.07 bits per heavy atom. The molecule has 1 aromatic rings. The summed E-state index contributed by atoms with van der Waals surface area (Å²) in [5, 5.41) is 9.40. The van der Waals surface area contributed by atoms with Crippen LogP contribution in [0.15, 0.2) is 24.3 Å². The number of rotatable bonds is 5. The largest absolute Gasteiger partial charge is 0.391 e. The second-order valence-electron chi connectivity index (χ2n) is 3.93. The summed E-state index contributed by atoms with van der Waals surface area (Å²) in [6.45, 7) is 3.56. The fraction of sp³-hybridized carbons (Fsp3) is 0.500. The van der Waals surface area contributed by atoms with Gasteiger partial charge < -0.3 is 5.11 Å². The average Bonchev–Trinajstić information content (AvgIpc) is 2.21. The molecule has 0 spiro atoms. The SMILES string of the molecule is Cc1ccccc1CN(C)CC(O)CCl. The zero-order chi connectivity index (χ0) is 11.3. The van der Waals surface area contributed by atoms with Crippen LogP contribution in [0.4, 0.5) is 0 Å². The van der Waals surface area contributed by atoms with E-state index in [0.717, 1.165) is 6.54 Å². The van der Waals surface area contributed by atoms with Gasteiger partial charge in [-0.25, -0.2) is 0 Å². The Balaban J connectivity index is 2.51. The smallest absolute Gasteiger partial charge is 0.0802 e. The molecule has 1 atom stereocenters. The molecule has 0 fully saturated rings. The van der Waals surface area contributed by atoms with E-state index in [2.05, 4.69) is 24.0 Å². The van der Waals surface area contributed by atoms with Crippen LogP contribution in [-0.4, -0.2) is 35.6 Å². The van der Waals surface area contributed by atoms with E-state index in [4.69, 9.17) is 11.6 Å². The Bertz CT molecular complexity index is 303. The first-order valence-corrected chi connectivity index (χ1v) is 5.64. The number of aliphatic hydroxyl groups excluding tert-OH is 1. The molecule has 0 radical (unpaired) electrons. The van der Waals surface area contributed by atoms with Crippen molar-refractivity contribution < 1.29 is 5.11 Å². The summed E-state index contributed by atoms with van der Waals surface area (Å²) in [5.41, 5.74) is 2.58. The first-order valence-electron chi connectivity index (χ1n) is 5.10. The van der Waals surface area contributed by atoms with Gasteiger partial charge in [0.05, 0.1) is 6.10 Å². The minimum absolute atomic E-state index is 0.290. The van der Waals surface area contributed by atoms with E-state index in [-0.39, 0.29) is 5.88 Å². The van der Waals surface area contributed by atoms with Gasteiger partial charge in [0, 0.05) is 19.0 Å². The molecule has 0 aromatic heterocycles. The van der Waals surface area contributed by atoms with E-state index < -0.39 is 6.10 Å². The van der Waals surface area contributed by atoms with E-state index >= 15 is 0 Å². The fourth-order valence-electron chi connectivity index (χ4n) is 1.55. The van der Waals surface area contributed by atoms with Gasteiger partial charge in [0.1, 0.15) is 0 Å². The van der Waals surface area contributed by atoms with Gasteiger partial charge in [0.15, 0.2) is 0 Å². The zero-order valence-electron chi connectivity index (χ0n) is 9.28. The Morgan fingerprint density at radius 1 is 1.40 bits per heavy atom. The third-order valence-electron chi connectivity index (χ3n) is 2.40. The van der Waals surface area contributed by atoms with Crippen molar-refractivity contribution in [2.24, 2.45) is 0 Å². The number of aliphatic hydroxyl groups is 1. The predicted molar refractivity (Wildman–Crippen MR) is 64.2 cm³/mol. The highest BCUT2D eigenvalue weighted by Crippen LogP contribution is 2.09. The monoisotopic (exact) mass is 227 g/mol. The van der Waals surface area contributed by atoms with Crippen LogP contribution in [0.2, 0.25) is 0 Å². The first-order chi connectivity index (χ1) is 7.13. The molecule has 0 bridgehead atoms. The molecule has 15 heavy (non-hydrogen) atoms. The van der Waals surface area contributed by atoms with Gasteiger partial charge in [-0.05, 0) is 25.1 Å². The van der Waals surface area contributed by atoms with Gasteiger partial charge in [-0.15, -0.1) is 11.6 Å². The van der Waals surface area contributed by atoms with Crippen molar-refractivity contribution in [3.63, 3.8) is 0 Å². The van der Waals surface area contributed by atoms with Gasteiger partial charge in [-0.2, -0.15) is 0 Å². The molecule has 0 amide bonds. The quantitative estimate of drug-likeness (QED) is 0.779. The Hall–Kier alpha value is -0.570. The summed E-state index contributed by atoms with van der Waals surface area (Å²) in [6.07, 6.45) is -0.444. The van der Waals surface area contributed by atoms with Gasteiger partial charge in [-0.3, -0.25) is 4.90 Å². The van der Waals surface area contributed by atoms with Gasteiger partial charge in [-0.1, -0.05) is 24.3 Å². The highest BCUT2D eigenvalue weighted by Gasteiger charge is 2.07. The number of benzene rings is 1. The number of likely N-dealkylation sites (N-methyl/N-ethyl adjacent to an activating group) is 1. The maximum atomic E-state index is 9.40. The lowest BCUT2D eigenvalue weighted by molar-refractivity contribution is 0.141. The second kappa shape index (κ2) is 6.11. The molecule has 3 heteroatoms. The predicted octanol–water partition coefficient (Wildman–Crippen LogP) is 2.03. The molecule has 2 nitrogen and oxygen atoms in total. The molecule has 0 aliphatic heterocycles. The van der Waals surface area contributed by atoms with E-state index in [1.54, 1.807) is 0 Å².